The van der Waals surface area contributed by atoms with Gasteiger partial charge in [0.25, 0.3) is 0 Å². The van der Waals surface area contributed by atoms with Crippen LogP contribution >= 0.6 is 15.9 Å². The van der Waals surface area contributed by atoms with Gasteiger partial charge in [-0.25, -0.2) is 0 Å². The number of aliphatic hydroxyl groups is 1. The Kier molecular flexibility index (Phi) is 5.47. The fourth-order valence-electron chi connectivity index (χ4n) is 2.91. The van der Waals surface area contributed by atoms with E-state index in [2.05, 4.69) is 45.9 Å². The van der Waals surface area contributed by atoms with Gasteiger partial charge in [0.05, 0.1) is 11.8 Å². The van der Waals surface area contributed by atoms with Crippen LogP contribution in [-0.4, -0.2) is 43.7 Å². The van der Waals surface area contributed by atoms with E-state index in [0.717, 1.165) is 29.0 Å². The molecule has 3 nitrogen and oxygen atoms in total. The third kappa shape index (κ3) is 3.96. The van der Waals surface area contributed by atoms with E-state index in [9.17, 15) is 5.11 Å². The summed E-state index contributed by atoms with van der Waals surface area (Å²) in [5.74, 6) is 0.816. The zero-order chi connectivity index (χ0) is 14.7. The van der Waals surface area contributed by atoms with Gasteiger partial charge in [-0.1, -0.05) is 6.07 Å². The Bertz CT molecular complexity index is 440. The summed E-state index contributed by atoms with van der Waals surface area (Å²) in [7, 11) is 4.30. The fourth-order valence-corrected chi connectivity index (χ4v) is 3.56. The molecule has 0 amide bonds. The number of aliphatic hydroxyl groups excluding tert-OH is 1. The van der Waals surface area contributed by atoms with Crippen LogP contribution in [0.2, 0.25) is 0 Å². The van der Waals surface area contributed by atoms with Gasteiger partial charge in [0.1, 0.15) is 0 Å². The molecule has 1 fully saturated rings. The molecule has 20 heavy (non-hydrogen) atoms. The quantitative estimate of drug-likeness (QED) is 0.911. The summed E-state index contributed by atoms with van der Waals surface area (Å²) in [4.78, 5) is 4.73. The number of halogens is 1. The Labute approximate surface area is 130 Å². The molecule has 0 aromatic heterocycles. The predicted molar refractivity (Wildman–Crippen MR) is 88.3 cm³/mol. The number of rotatable bonds is 4. The molecule has 1 atom stereocenters. The Morgan fingerprint density at radius 2 is 2.00 bits per heavy atom. The van der Waals surface area contributed by atoms with Gasteiger partial charge in [0.15, 0.2) is 0 Å². The van der Waals surface area contributed by atoms with E-state index in [1.165, 1.54) is 25.1 Å². The van der Waals surface area contributed by atoms with E-state index in [1.54, 1.807) is 6.92 Å². The molecule has 112 valence electrons. The lowest BCUT2D eigenvalue weighted by molar-refractivity contribution is 0.199. The van der Waals surface area contributed by atoms with Gasteiger partial charge >= 0.3 is 0 Å². The first-order valence-corrected chi connectivity index (χ1v) is 8.14. The molecule has 1 aromatic carbocycles. The lowest BCUT2D eigenvalue weighted by Gasteiger charge is -2.35. The van der Waals surface area contributed by atoms with Crippen LogP contribution in [0.5, 0.6) is 0 Å². The van der Waals surface area contributed by atoms with Crippen LogP contribution in [0.4, 0.5) is 5.69 Å². The van der Waals surface area contributed by atoms with Crippen molar-refractivity contribution in [1.29, 1.82) is 0 Å². The minimum Gasteiger partial charge on any atom is -0.389 e. The normalized spacial score (nSPS) is 18.6. The van der Waals surface area contributed by atoms with Crippen LogP contribution in [0, 0.1) is 5.92 Å². The molecule has 1 aromatic rings. The van der Waals surface area contributed by atoms with E-state index in [0.29, 0.717) is 0 Å². The molecule has 1 N–H and O–H groups in total. The van der Waals surface area contributed by atoms with Crippen LogP contribution in [0.15, 0.2) is 22.7 Å². The van der Waals surface area contributed by atoms with Gasteiger partial charge in [-0.05, 0) is 73.4 Å². The molecule has 2 rings (SSSR count). The Morgan fingerprint density at radius 3 is 2.50 bits per heavy atom. The summed E-state index contributed by atoms with van der Waals surface area (Å²) in [5.41, 5.74) is 2.21. The van der Waals surface area contributed by atoms with Crippen LogP contribution in [0.1, 0.15) is 31.4 Å². The van der Waals surface area contributed by atoms with E-state index >= 15 is 0 Å². The Morgan fingerprint density at radius 1 is 1.35 bits per heavy atom. The molecule has 0 unspecified atom stereocenters. The first-order chi connectivity index (χ1) is 9.47. The van der Waals surface area contributed by atoms with Crippen molar-refractivity contribution >= 4 is 21.6 Å². The van der Waals surface area contributed by atoms with E-state index in [1.807, 2.05) is 12.1 Å². The van der Waals surface area contributed by atoms with E-state index < -0.39 is 6.10 Å². The van der Waals surface area contributed by atoms with Crippen molar-refractivity contribution in [3.63, 3.8) is 0 Å². The highest BCUT2D eigenvalue weighted by Gasteiger charge is 2.21. The number of nitrogens with zero attached hydrogens (tertiary/aromatic N) is 2. The first-order valence-electron chi connectivity index (χ1n) is 7.34. The van der Waals surface area contributed by atoms with Crippen LogP contribution in [-0.2, 0) is 0 Å². The van der Waals surface area contributed by atoms with Gasteiger partial charge in [0.2, 0.25) is 0 Å². The second kappa shape index (κ2) is 6.92. The van der Waals surface area contributed by atoms with Crippen molar-refractivity contribution < 1.29 is 5.11 Å². The SMILES string of the molecule is C[C@H](O)c1ccc(N2CCC(CN(C)C)CC2)c(Br)c1. The van der Waals surface area contributed by atoms with Crippen LogP contribution in [0.3, 0.4) is 0 Å². The molecular formula is C16H25BrN2O. The third-order valence-corrected chi connectivity index (χ3v) is 4.67. The summed E-state index contributed by atoms with van der Waals surface area (Å²) in [6.45, 7) is 5.22. The largest absolute Gasteiger partial charge is 0.389 e. The standard InChI is InChI=1S/C16H25BrN2O/c1-12(20)14-4-5-16(15(17)10-14)19-8-6-13(7-9-19)11-18(2)3/h4-5,10,12-13,20H,6-9,11H2,1-3H3/t12-/m0/s1. The van der Waals surface area contributed by atoms with Crippen molar-refractivity contribution in [2.45, 2.75) is 25.9 Å². The smallest absolute Gasteiger partial charge is 0.0762 e. The summed E-state index contributed by atoms with van der Waals surface area (Å²) in [6, 6.07) is 6.18. The first kappa shape index (κ1) is 15.8. The maximum absolute atomic E-state index is 9.63. The minimum absolute atomic E-state index is 0.411. The predicted octanol–water partition coefficient (Wildman–Crippen LogP) is 3.28. The van der Waals surface area contributed by atoms with Gasteiger partial charge < -0.3 is 14.9 Å². The molecular weight excluding hydrogens is 316 g/mol. The molecule has 1 aliphatic heterocycles. The summed E-state index contributed by atoms with van der Waals surface area (Å²) in [5, 5.41) is 9.63. The third-order valence-electron chi connectivity index (χ3n) is 4.03. The summed E-state index contributed by atoms with van der Waals surface area (Å²) >= 11 is 3.65. The number of hydrogen-bond donors (Lipinski definition) is 1. The van der Waals surface area contributed by atoms with E-state index in [-0.39, 0.29) is 0 Å². The average Bonchev–Trinajstić information content (AvgIpc) is 2.39. The van der Waals surface area contributed by atoms with Crippen molar-refractivity contribution in [1.82, 2.24) is 4.90 Å². The van der Waals surface area contributed by atoms with E-state index in [4.69, 9.17) is 0 Å². The second-order valence-electron chi connectivity index (χ2n) is 6.08. The minimum atomic E-state index is -0.411. The highest BCUT2D eigenvalue weighted by molar-refractivity contribution is 9.10. The summed E-state index contributed by atoms with van der Waals surface area (Å²) < 4.78 is 1.09. The van der Waals surface area contributed by atoms with Crippen molar-refractivity contribution in [2.24, 2.45) is 5.92 Å². The Balaban J connectivity index is 2.00. The number of hydrogen-bond acceptors (Lipinski definition) is 3. The zero-order valence-electron chi connectivity index (χ0n) is 12.6. The monoisotopic (exact) mass is 340 g/mol. The van der Waals surface area contributed by atoms with Gasteiger partial charge in [0, 0.05) is 24.1 Å². The van der Waals surface area contributed by atoms with Crippen LogP contribution < -0.4 is 4.90 Å². The lowest BCUT2D eigenvalue weighted by Crippen LogP contribution is -2.37. The van der Waals surface area contributed by atoms with Crippen LogP contribution in [0.25, 0.3) is 0 Å². The summed E-state index contributed by atoms with van der Waals surface area (Å²) in [6.07, 6.45) is 2.09. The average molecular weight is 341 g/mol. The highest BCUT2D eigenvalue weighted by Crippen LogP contribution is 2.32. The van der Waals surface area contributed by atoms with Crippen molar-refractivity contribution in [3.05, 3.63) is 28.2 Å². The maximum atomic E-state index is 9.63. The highest BCUT2D eigenvalue weighted by atomic mass is 79.9. The van der Waals surface area contributed by atoms with Gasteiger partial charge in [-0.2, -0.15) is 0 Å². The molecule has 1 saturated heterocycles. The molecule has 0 radical (unpaired) electrons. The molecule has 1 heterocycles. The van der Waals surface area contributed by atoms with Crippen molar-refractivity contribution in [2.75, 3.05) is 38.6 Å². The molecule has 4 heteroatoms. The van der Waals surface area contributed by atoms with Gasteiger partial charge in [-0.3, -0.25) is 0 Å². The molecule has 0 aliphatic carbocycles. The van der Waals surface area contributed by atoms with Crippen molar-refractivity contribution in [3.8, 4) is 0 Å². The molecule has 0 saturated carbocycles. The molecule has 1 aliphatic rings. The molecule has 0 bridgehead atoms. The van der Waals surface area contributed by atoms with Gasteiger partial charge in [-0.15, -0.1) is 0 Å². The Hall–Kier alpha value is -0.580. The maximum Gasteiger partial charge on any atom is 0.0762 e. The number of anilines is 1. The number of benzene rings is 1. The zero-order valence-corrected chi connectivity index (χ0v) is 14.2. The lowest BCUT2D eigenvalue weighted by atomic mass is 9.96. The fraction of sp³-hybridized carbons (Fsp3) is 0.625. The topological polar surface area (TPSA) is 26.7 Å². The second-order valence-corrected chi connectivity index (χ2v) is 6.93. The molecule has 0 spiro atoms. The number of piperidine rings is 1.